The normalized spacial score (nSPS) is 10.2. The number of aromatic nitrogens is 1. The standard InChI is InChI=1S/C36H15N7/c37-16-22-5-23(17-38)9-30(8-22)28-1-3-35-33(14-28)34-15-29(31-10-24(18-39)6-25(11-31)19-40)2-4-36(34)43(35)32-12-26(20-41)7-27(13-32)21-42/h1-15H. The number of hydrogen-bond acceptors (Lipinski definition) is 6. The maximum Gasteiger partial charge on any atom is 0.0992 e. The summed E-state index contributed by atoms with van der Waals surface area (Å²) in [6.45, 7) is 0. The number of rotatable bonds is 3. The van der Waals surface area contributed by atoms with Gasteiger partial charge in [0, 0.05) is 16.5 Å². The number of nitriles is 6. The quantitative estimate of drug-likeness (QED) is 0.227. The van der Waals surface area contributed by atoms with Gasteiger partial charge in [0.05, 0.1) is 80.8 Å². The maximum absolute atomic E-state index is 9.64. The Labute approximate surface area is 246 Å². The van der Waals surface area contributed by atoms with Gasteiger partial charge in [-0.2, -0.15) is 31.6 Å². The van der Waals surface area contributed by atoms with E-state index >= 15 is 0 Å². The molecule has 5 aromatic carbocycles. The lowest BCUT2D eigenvalue weighted by atomic mass is 9.97. The van der Waals surface area contributed by atoms with Crippen molar-refractivity contribution in [3.63, 3.8) is 0 Å². The number of benzene rings is 5. The van der Waals surface area contributed by atoms with Crippen LogP contribution in [0.4, 0.5) is 0 Å². The third-order valence-corrected chi connectivity index (χ3v) is 7.25. The third-order valence-electron chi connectivity index (χ3n) is 7.25. The highest BCUT2D eigenvalue weighted by molar-refractivity contribution is 6.11. The summed E-state index contributed by atoms with van der Waals surface area (Å²) in [4.78, 5) is 0. The lowest BCUT2D eigenvalue weighted by molar-refractivity contribution is 1.17. The van der Waals surface area contributed by atoms with Crippen molar-refractivity contribution in [2.75, 3.05) is 0 Å². The summed E-state index contributed by atoms with van der Waals surface area (Å²) in [7, 11) is 0. The topological polar surface area (TPSA) is 148 Å². The second-order valence-electron chi connectivity index (χ2n) is 9.84. The molecule has 7 heteroatoms. The fourth-order valence-electron chi connectivity index (χ4n) is 5.38. The van der Waals surface area contributed by atoms with Crippen LogP contribution in [0.25, 0.3) is 49.7 Å². The molecule has 0 saturated heterocycles. The van der Waals surface area contributed by atoms with Gasteiger partial charge in [-0.3, -0.25) is 0 Å². The second-order valence-corrected chi connectivity index (χ2v) is 9.84. The van der Waals surface area contributed by atoms with Crippen LogP contribution in [0, 0.1) is 68.0 Å². The van der Waals surface area contributed by atoms with Gasteiger partial charge in [0.15, 0.2) is 0 Å². The molecule has 6 aromatic rings. The predicted octanol–water partition coefficient (Wildman–Crippen LogP) is 7.35. The summed E-state index contributed by atoms with van der Waals surface area (Å²) in [6, 6.07) is 39.4. The van der Waals surface area contributed by atoms with E-state index in [0.29, 0.717) is 50.2 Å². The molecule has 0 unspecified atom stereocenters. The van der Waals surface area contributed by atoms with Crippen molar-refractivity contribution in [3.8, 4) is 64.4 Å². The monoisotopic (exact) mass is 545 g/mol. The fraction of sp³-hybridized carbons (Fsp3) is 0. The molecule has 0 radical (unpaired) electrons. The van der Waals surface area contributed by atoms with E-state index in [0.717, 1.165) is 32.9 Å². The Morgan fingerprint density at radius 2 is 0.674 bits per heavy atom. The molecule has 0 aliphatic rings. The van der Waals surface area contributed by atoms with Crippen LogP contribution in [0.15, 0.2) is 91.0 Å². The minimum Gasteiger partial charge on any atom is -0.309 e. The van der Waals surface area contributed by atoms with Gasteiger partial charge in [-0.15, -0.1) is 0 Å². The Morgan fingerprint density at radius 3 is 1.00 bits per heavy atom. The summed E-state index contributed by atoms with van der Waals surface area (Å²) < 4.78 is 1.98. The molecule has 7 nitrogen and oxygen atoms in total. The molecule has 0 fully saturated rings. The Hall–Kier alpha value is -7.16. The highest BCUT2D eigenvalue weighted by atomic mass is 15.0. The summed E-state index contributed by atoms with van der Waals surface area (Å²) in [5, 5.41) is 59.1. The van der Waals surface area contributed by atoms with E-state index in [1.807, 2.05) is 41.0 Å². The summed E-state index contributed by atoms with van der Waals surface area (Å²) in [5.74, 6) is 0. The molecule has 0 saturated carbocycles. The van der Waals surface area contributed by atoms with Crippen LogP contribution in [0.1, 0.15) is 33.4 Å². The summed E-state index contributed by atoms with van der Waals surface area (Å²) >= 11 is 0. The Kier molecular flexibility index (Phi) is 6.33. The van der Waals surface area contributed by atoms with E-state index in [1.54, 1.807) is 48.5 Å². The minimum atomic E-state index is 0.354. The highest BCUT2D eigenvalue weighted by Gasteiger charge is 2.17. The predicted molar refractivity (Wildman–Crippen MR) is 160 cm³/mol. The molecule has 0 aliphatic carbocycles. The minimum absolute atomic E-state index is 0.354. The summed E-state index contributed by atoms with van der Waals surface area (Å²) in [6.07, 6.45) is 0. The van der Waals surface area contributed by atoms with E-state index in [9.17, 15) is 31.6 Å². The zero-order chi connectivity index (χ0) is 30.1. The van der Waals surface area contributed by atoms with Crippen LogP contribution >= 0.6 is 0 Å². The first-order valence-electron chi connectivity index (χ1n) is 12.9. The van der Waals surface area contributed by atoms with Crippen LogP contribution in [0.3, 0.4) is 0 Å². The number of nitrogens with zero attached hydrogens (tertiary/aromatic N) is 7. The van der Waals surface area contributed by atoms with E-state index in [4.69, 9.17) is 0 Å². The summed E-state index contributed by atoms with van der Waals surface area (Å²) in [5.41, 5.74) is 7.52. The van der Waals surface area contributed by atoms with Gasteiger partial charge >= 0.3 is 0 Å². The molecule has 0 amide bonds. The van der Waals surface area contributed by atoms with Crippen molar-refractivity contribution in [2.24, 2.45) is 0 Å². The fourth-order valence-corrected chi connectivity index (χ4v) is 5.38. The zero-order valence-corrected chi connectivity index (χ0v) is 22.3. The largest absolute Gasteiger partial charge is 0.309 e. The molecule has 0 atom stereocenters. The molecule has 43 heavy (non-hydrogen) atoms. The van der Waals surface area contributed by atoms with Gasteiger partial charge in [0.1, 0.15) is 0 Å². The van der Waals surface area contributed by atoms with Crippen LogP contribution < -0.4 is 0 Å². The molecule has 194 valence electrons. The SMILES string of the molecule is N#Cc1cc(C#N)cc(-c2ccc3c(c2)c2cc(-c4cc(C#N)cc(C#N)c4)ccc2n3-c2cc(C#N)cc(C#N)c2)c1. The first-order chi connectivity index (χ1) is 21.0. The first-order valence-corrected chi connectivity index (χ1v) is 12.9. The van der Waals surface area contributed by atoms with Crippen LogP contribution in [0.2, 0.25) is 0 Å². The molecule has 6 rings (SSSR count). The highest BCUT2D eigenvalue weighted by Crippen LogP contribution is 2.38. The van der Waals surface area contributed by atoms with Crippen molar-refractivity contribution in [1.29, 1.82) is 31.6 Å². The Morgan fingerprint density at radius 1 is 0.349 bits per heavy atom. The molecule has 0 N–H and O–H groups in total. The lowest BCUT2D eigenvalue weighted by Crippen LogP contribution is -1.96. The second kappa shape index (κ2) is 10.4. The molecular formula is C36H15N7. The van der Waals surface area contributed by atoms with Gasteiger partial charge in [0.2, 0.25) is 0 Å². The van der Waals surface area contributed by atoms with Gasteiger partial charge in [-0.05, 0) is 101 Å². The van der Waals surface area contributed by atoms with Gasteiger partial charge in [-0.25, -0.2) is 0 Å². The van der Waals surface area contributed by atoms with Crippen LogP contribution in [0.5, 0.6) is 0 Å². The van der Waals surface area contributed by atoms with Crippen molar-refractivity contribution in [1.82, 2.24) is 4.57 Å². The molecule has 0 aliphatic heterocycles. The average molecular weight is 546 g/mol. The molecule has 0 bridgehead atoms. The van der Waals surface area contributed by atoms with Crippen molar-refractivity contribution in [3.05, 3.63) is 124 Å². The van der Waals surface area contributed by atoms with Gasteiger partial charge in [0.25, 0.3) is 0 Å². The van der Waals surface area contributed by atoms with Crippen LogP contribution in [-0.2, 0) is 0 Å². The van der Waals surface area contributed by atoms with E-state index in [2.05, 4.69) is 36.4 Å². The Balaban J connectivity index is 1.69. The average Bonchev–Trinajstić information content (AvgIpc) is 3.40. The van der Waals surface area contributed by atoms with Gasteiger partial charge < -0.3 is 4.57 Å². The Bertz CT molecular complexity index is 2190. The first kappa shape index (κ1) is 26.1. The van der Waals surface area contributed by atoms with Crippen molar-refractivity contribution in [2.45, 2.75) is 0 Å². The van der Waals surface area contributed by atoms with Crippen LogP contribution in [-0.4, -0.2) is 4.57 Å². The van der Waals surface area contributed by atoms with Crippen molar-refractivity contribution >= 4 is 21.8 Å². The lowest BCUT2D eigenvalue weighted by Gasteiger charge is -2.10. The van der Waals surface area contributed by atoms with E-state index < -0.39 is 0 Å². The molecule has 1 aromatic heterocycles. The maximum atomic E-state index is 9.64. The smallest absolute Gasteiger partial charge is 0.0992 e. The zero-order valence-electron chi connectivity index (χ0n) is 22.3. The number of fused-ring (bicyclic) bond motifs is 3. The molecule has 1 heterocycles. The van der Waals surface area contributed by atoms with E-state index in [-0.39, 0.29) is 0 Å². The third kappa shape index (κ3) is 4.55. The van der Waals surface area contributed by atoms with E-state index in [1.165, 1.54) is 6.07 Å². The number of hydrogen-bond donors (Lipinski definition) is 0. The molecular weight excluding hydrogens is 530 g/mol. The van der Waals surface area contributed by atoms with Crippen molar-refractivity contribution < 1.29 is 0 Å². The van der Waals surface area contributed by atoms with Gasteiger partial charge in [-0.1, -0.05) is 12.1 Å². The molecule has 0 spiro atoms.